The summed E-state index contributed by atoms with van der Waals surface area (Å²) >= 11 is 1.43. The van der Waals surface area contributed by atoms with Crippen molar-refractivity contribution < 1.29 is 9.90 Å². The molecule has 80 valence electrons. The zero-order valence-electron chi connectivity index (χ0n) is 8.46. The van der Waals surface area contributed by atoms with Crippen LogP contribution in [0.15, 0.2) is 41.8 Å². The van der Waals surface area contributed by atoms with Gasteiger partial charge in [0.15, 0.2) is 0 Å². The molecule has 2 nitrogen and oxygen atoms in total. The van der Waals surface area contributed by atoms with Gasteiger partial charge in [0.05, 0.1) is 5.56 Å². The fraction of sp³-hybridized carbons (Fsp3) is 0. The first-order valence-corrected chi connectivity index (χ1v) is 5.68. The Kier molecular flexibility index (Phi) is 3.17. The summed E-state index contributed by atoms with van der Waals surface area (Å²) in [6.07, 6.45) is 3.89. The quantitative estimate of drug-likeness (QED) is 0.874. The molecule has 0 atom stereocenters. The van der Waals surface area contributed by atoms with Gasteiger partial charge in [-0.15, -0.1) is 11.3 Å². The Balaban J connectivity index is 2.15. The van der Waals surface area contributed by atoms with E-state index in [9.17, 15) is 4.79 Å². The predicted octanol–water partition coefficient (Wildman–Crippen LogP) is 3.62. The van der Waals surface area contributed by atoms with Gasteiger partial charge < -0.3 is 5.11 Å². The molecule has 0 saturated heterocycles. The van der Waals surface area contributed by atoms with Crippen LogP contribution in [0.25, 0.3) is 12.2 Å². The molecule has 0 spiro atoms. The molecule has 2 rings (SSSR count). The summed E-state index contributed by atoms with van der Waals surface area (Å²) in [6, 6.07) is 11.6. The summed E-state index contributed by atoms with van der Waals surface area (Å²) in [5.41, 5.74) is 1.45. The lowest BCUT2D eigenvalue weighted by atomic mass is 10.2. The van der Waals surface area contributed by atoms with Gasteiger partial charge in [0.25, 0.3) is 0 Å². The van der Waals surface area contributed by atoms with Crippen molar-refractivity contribution in [2.75, 3.05) is 0 Å². The van der Waals surface area contributed by atoms with Crippen LogP contribution in [0.2, 0.25) is 0 Å². The number of carbonyl (C=O) groups is 1. The zero-order chi connectivity index (χ0) is 11.4. The lowest BCUT2D eigenvalue weighted by Crippen LogP contribution is -1.91. The van der Waals surface area contributed by atoms with Crippen molar-refractivity contribution in [3.05, 3.63) is 57.8 Å². The standard InChI is InChI=1S/C13H10O2S/c14-13(15)11-8-12(16-9-11)7-6-10-4-2-1-3-5-10/h1-9H,(H,14,15). The molecule has 3 heteroatoms. The van der Waals surface area contributed by atoms with Crippen LogP contribution in [0.3, 0.4) is 0 Å². The predicted molar refractivity (Wildman–Crippen MR) is 66.6 cm³/mol. The maximum Gasteiger partial charge on any atom is 0.336 e. The Morgan fingerprint density at radius 1 is 1.19 bits per heavy atom. The third-order valence-corrected chi connectivity index (χ3v) is 3.00. The van der Waals surface area contributed by atoms with E-state index < -0.39 is 5.97 Å². The Bertz CT molecular complexity index is 512. The van der Waals surface area contributed by atoms with Crippen LogP contribution >= 0.6 is 11.3 Å². The smallest absolute Gasteiger partial charge is 0.336 e. The normalized spacial score (nSPS) is 10.8. The number of aromatic carboxylic acids is 1. The molecule has 0 amide bonds. The van der Waals surface area contributed by atoms with Crippen molar-refractivity contribution in [3.63, 3.8) is 0 Å². The first kappa shape index (κ1) is 10.6. The van der Waals surface area contributed by atoms with Crippen molar-refractivity contribution in [1.82, 2.24) is 0 Å². The van der Waals surface area contributed by atoms with E-state index in [4.69, 9.17) is 5.11 Å². The molecule has 0 unspecified atom stereocenters. The van der Waals surface area contributed by atoms with Gasteiger partial charge in [-0.3, -0.25) is 0 Å². The van der Waals surface area contributed by atoms with Crippen LogP contribution < -0.4 is 0 Å². The lowest BCUT2D eigenvalue weighted by molar-refractivity contribution is 0.0697. The van der Waals surface area contributed by atoms with Crippen LogP contribution in [-0.2, 0) is 0 Å². The van der Waals surface area contributed by atoms with E-state index in [0.717, 1.165) is 10.4 Å². The number of benzene rings is 1. The third-order valence-electron chi connectivity index (χ3n) is 2.11. The molecule has 1 heterocycles. The van der Waals surface area contributed by atoms with Crippen molar-refractivity contribution in [2.45, 2.75) is 0 Å². The number of rotatable bonds is 3. The van der Waals surface area contributed by atoms with E-state index in [2.05, 4.69) is 0 Å². The van der Waals surface area contributed by atoms with Gasteiger partial charge >= 0.3 is 5.97 Å². The number of carboxylic acids is 1. The van der Waals surface area contributed by atoms with Crippen LogP contribution in [0.5, 0.6) is 0 Å². The Morgan fingerprint density at radius 3 is 2.56 bits per heavy atom. The van der Waals surface area contributed by atoms with Gasteiger partial charge in [-0.05, 0) is 17.7 Å². The van der Waals surface area contributed by atoms with E-state index in [1.54, 1.807) is 11.4 Å². The van der Waals surface area contributed by atoms with Crippen molar-refractivity contribution in [3.8, 4) is 0 Å². The minimum atomic E-state index is -0.879. The van der Waals surface area contributed by atoms with E-state index in [1.165, 1.54) is 11.3 Å². The molecular formula is C13H10O2S. The molecule has 0 radical (unpaired) electrons. The summed E-state index contributed by atoms with van der Waals surface area (Å²) in [5, 5.41) is 10.4. The van der Waals surface area contributed by atoms with Gasteiger partial charge in [0, 0.05) is 10.3 Å². The van der Waals surface area contributed by atoms with Gasteiger partial charge in [0.2, 0.25) is 0 Å². The summed E-state index contributed by atoms with van der Waals surface area (Å²) in [5.74, 6) is -0.879. The molecule has 1 N–H and O–H groups in total. The van der Waals surface area contributed by atoms with Crippen LogP contribution in [-0.4, -0.2) is 11.1 Å². The molecule has 0 fully saturated rings. The van der Waals surface area contributed by atoms with E-state index in [0.29, 0.717) is 5.56 Å². The minimum Gasteiger partial charge on any atom is -0.478 e. The molecule has 0 aliphatic heterocycles. The third kappa shape index (κ3) is 2.58. The van der Waals surface area contributed by atoms with E-state index >= 15 is 0 Å². The summed E-state index contributed by atoms with van der Waals surface area (Å²) in [4.78, 5) is 11.6. The highest BCUT2D eigenvalue weighted by Crippen LogP contribution is 2.17. The summed E-state index contributed by atoms with van der Waals surface area (Å²) in [6.45, 7) is 0. The molecule has 2 aromatic rings. The van der Waals surface area contributed by atoms with Crippen LogP contribution in [0.4, 0.5) is 0 Å². The Hall–Kier alpha value is -1.87. The van der Waals surface area contributed by atoms with Gasteiger partial charge in [-0.2, -0.15) is 0 Å². The van der Waals surface area contributed by atoms with Crippen molar-refractivity contribution >= 4 is 29.5 Å². The molecule has 0 aliphatic carbocycles. The molecule has 16 heavy (non-hydrogen) atoms. The monoisotopic (exact) mass is 230 g/mol. The second-order valence-corrected chi connectivity index (χ2v) is 4.23. The maximum absolute atomic E-state index is 10.7. The minimum absolute atomic E-state index is 0.345. The second kappa shape index (κ2) is 4.77. The highest BCUT2D eigenvalue weighted by atomic mass is 32.1. The Morgan fingerprint density at radius 2 is 1.94 bits per heavy atom. The zero-order valence-corrected chi connectivity index (χ0v) is 9.28. The Labute approximate surface area is 97.5 Å². The number of carboxylic acid groups (broad SMARTS) is 1. The van der Waals surface area contributed by atoms with Gasteiger partial charge in [0.1, 0.15) is 0 Å². The summed E-state index contributed by atoms with van der Waals surface area (Å²) < 4.78 is 0. The first-order valence-electron chi connectivity index (χ1n) is 4.80. The highest BCUT2D eigenvalue weighted by Gasteiger charge is 2.03. The lowest BCUT2D eigenvalue weighted by Gasteiger charge is -1.89. The molecule has 1 aromatic carbocycles. The number of hydrogen-bond acceptors (Lipinski definition) is 2. The molecule has 0 aliphatic rings. The fourth-order valence-electron chi connectivity index (χ4n) is 1.29. The highest BCUT2D eigenvalue weighted by molar-refractivity contribution is 7.11. The number of hydrogen-bond donors (Lipinski definition) is 1. The average molecular weight is 230 g/mol. The first-order chi connectivity index (χ1) is 7.75. The number of thiophene rings is 1. The van der Waals surface area contributed by atoms with Crippen LogP contribution in [0, 0.1) is 0 Å². The van der Waals surface area contributed by atoms with Crippen molar-refractivity contribution in [2.24, 2.45) is 0 Å². The maximum atomic E-state index is 10.7. The molecular weight excluding hydrogens is 220 g/mol. The summed E-state index contributed by atoms with van der Waals surface area (Å²) in [7, 11) is 0. The largest absolute Gasteiger partial charge is 0.478 e. The van der Waals surface area contributed by atoms with Gasteiger partial charge in [-0.25, -0.2) is 4.79 Å². The molecule has 0 bridgehead atoms. The average Bonchev–Trinajstić information content (AvgIpc) is 2.76. The SMILES string of the molecule is O=C(O)c1csc(C=Cc2ccccc2)c1. The fourth-order valence-corrected chi connectivity index (χ4v) is 2.07. The van der Waals surface area contributed by atoms with E-state index in [1.807, 2.05) is 42.5 Å². The van der Waals surface area contributed by atoms with E-state index in [-0.39, 0.29) is 0 Å². The van der Waals surface area contributed by atoms with Crippen LogP contribution in [0.1, 0.15) is 20.8 Å². The molecule has 1 aromatic heterocycles. The van der Waals surface area contributed by atoms with Gasteiger partial charge in [-0.1, -0.05) is 36.4 Å². The molecule has 0 saturated carbocycles. The second-order valence-electron chi connectivity index (χ2n) is 3.29. The topological polar surface area (TPSA) is 37.3 Å². The van der Waals surface area contributed by atoms with Crippen molar-refractivity contribution in [1.29, 1.82) is 0 Å².